The van der Waals surface area contributed by atoms with Gasteiger partial charge in [0.1, 0.15) is 17.5 Å². The van der Waals surface area contributed by atoms with Gasteiger partial charge in [0.2, 0.25) is 0 Å². The molecule has 172 valence electrons. The normalized spacial score (nSPS) is 26.4. The number of ether oxygens (including phenoxy) is 1. The summed E-state index contributed by atoms with van der Waals surface area (Å²) in [5, 5.41) is 10.5. The van der Waals surface area contributed by atoms with Gasteiger partial charge in [-0.25, -0.2) is 13.9 Å². The molecule has 0 saturated carbocycles. The number of alkyl halides is 1. The van der Waals surface area contributed by atoms with Crippen LogP contribution in [0.2, 0.25) is 0 Å². The van der Waals surface area contributed by atoms with E-state index >= 15 is 4.39 Å². The van der Waals surface area contributed by atoms with E-state index in [0.717, 1.165) is 0 Å². The average molecular weight is 469 g/mol. The number of fused-ring (bicyclic) bond motifs is 1. The quantitative estimate of drug-likeness (QED) is 0.412. The minimum absolute atomic E-state index is 0.00667. The van der Waals surface area contributed by atoms with Crippen LogP contribution in [-0.2, 0) is 13.8 Å². The maximum absolute atomic E-state index is 15.1. The van der Waals surface area contributed by atoms with Crippen LogP contribution in [0.3, 0.4) is 0 Å². The van der Waals surface area contributed by atoms with Crippen LogP contribution in [-0.4, -0.2) is 63.2 Å². The first-order valence-electron chi connectivity index (χ1n) is 9.66. The highest BCUT2D eigenvalue weighted by Gasteiger charge is 2.54. The highest BCUT2D eigenvalue weighted by molar-refractivity contribution is 7.33. The van der Waals surface area contributed by atoms with Crippen molar-refractivity contribution in [3.8, 4) is 5.75 Å². The van der Waals surface area contributed by atoms with Crippen molar-refractivity contribution in [1.82, 2.24) is 19.5 Å². The monoisotopic (exact) mass is 469 g/mol. The first-order chi connectivity index (χ1) is 15.2. The summed E-state index contributed by atoms with van der Waals surface area (Å²) < 4.78 is 58.6. The second kappa shape index (κ2) is 8.70. The lowest BCUT2D eigenvalue weighted by Gasteiger charge is -2.26. The van der Waals surface area contributed by atoms with Gasteiger partial charge in [0, 0.05) is 14.1 Å². The number of benzene rings is 1. The number of aromatic nitrogens is 4. The van der Waals surface area contributed by atoms with Gasteiger partial charge in [0.05, 0.1) is 12.9 Å². The molecule has 1 aromatic carbocycles. The molecular formula is C19H22F2N5O5P. The lowest BCUT2D eigenvalue weighted by Crippen LogP contribution is -2.42. The van der Waals surface area contributed by atoms with Gasteiger partial charge in [-0.2, -0.15) is 14.4 Å². The molecule has 5 atom stereocenters. The zero-order valence-electron chi connectivity index (χ0n) is 17.5. The molecule has 13 heteroatoms. The molecule has 1 saturated heterocycles. The van der Waals surface area contributed by atoms with Crippen LogP contribution in [0.1, 0.15) is 13.2 Å². The fraction of sp³-hybridized carbons (Fsp3) is 0.421. The molecular weight excluding hydrogens is 447 g/mol. The summed E-state index contributed by atoms with van der Waals surface area (Å²) in [6.07, 6.45) is -4.69. The summed E-state index contributed by atoms with van der Waals surface area (Å²) in [6, 6.07) is 8.40. The average Bonchev–Trinajstić information content (AvgIpc) is 3.27. The number of halogens is 2. The number of anilines is 1. The molecule has 2 aromatic heterocycles. The van der Waals surface area contributed by atoms with Crippen LogP contribution >= 0.6 is 8.25 Å². The number of nitrogens with zero attached hydrogens (tertiary/aromatic N) is 5. The Kier molecular flexibility index (Phi) is 6.13. The van der Waals surface area contributed by atoms with E-state index in [9.17, 15) is 14.1 Å². The minimum atomic E-state index is -2.99. The van der Waals surface area contributed by atoms with Gasteiger partial charge in [-0.1, -0.05) is 18.2 Å². The third kappa shape index (κ3) is 4.18. The van der Waals surface area contributed by atoms with E-state index in [1.54, 1.807) is 49.3 Å². The zero-order valence-corrected chi connectivity index (χ0v) is 18.5. The van der Waals surface area contributed by atoms with Crippen LogP contribution in [0.5, 0.6) is 5.75 Å². The Morgan fingerprint density at radius 3 is 2.72 bits per heavy atom. The van der Waals surface area contributed by atoms with E-state index in [-0.39, 0.29) is 17.0 Å². The fourth-order valence-electron chi connectivity index (χ4n) is 3.42. The molecule has 1 aliphatic rings. The number of hydrogen-bond donors (Lipinski definition) is 1. The summed E-state index contributed by atoms with van der Waals surface area (Å²) in [7, 11) is 0.319. The third-order valence-corrected chi connectivity index (χ3v) is 5.87. The van der Waals surface area contributed by atoms with Crippen molar-refractivity contribution in [2.24, 2.45) is 0 Å². The molecule has 0 bridgehead atoms. The number of para-hydroxylation sites is 1. The Balaban J connectivity index is 1.53. The zero-order chi connectivity index (χ0) is 23.0. The molecule has 0 amide bonds. The number of aliphatic hydroxyl groups is 1. The summed E-state index contributed by atoms with van der Waals surface area (Å²) in [5.74, 6) is 0.557. The maximum atomic E-state index is 15.1. The van der Waals surface area contributed by atoms with E-state index in [1.807, 2.05) is 0 Å². The third-order valence-electron chi connectivity index (χ3n) is 5.08. The lowest BCUT2D eigenvalue weighted by molar-refractivity contribution is -0.110. The van der Waals surface area contributed by atoms with Gasteiger partial charge < -0.3 is 19.3 Å². The highest BCUT2D eigenvalue weighted by atomic mass is 31.1. The highest BCUT2D eigenvalue weighted by Crippen LogP contribution is 2.42. The van der Waals surface area contributed by atoms with Gasteiger partial charge in [-0.3, -0.25) is 9.09 Å². The van der Waals surface area contributed by atoms with Crippen molar-refractivity contribution < 1.29 is 32.2 Å². The van der Waals surface area contributed by atoms with Crippen molar-refractivity contribution in [2.45, 2.75) is 31.0 Å². The van der Waals surface area contributed by atoms with Gasteiger partial charge >= 0.3 is 14.3 Å². The van der Waals surface area contributed by atoms with Crippen LogP contribution in [0.25, 0.3) is 11.2 Å². The first kappa shape index (κ1) is 22.5. The largest absolute Gasteiger partial charge is 0.426 e. The lowest BCUT2D eigenvalue weighted by atomic mass is 9.99. The molecule has 0 aliphatic carbocycles. The Hall–Kier alpha value is -2.66. The standard InChI is InChI=1S/C19H22F2N5O5P/c1-19(9-29-32(28)31-11-7-5-4-6-8-11)14(27)12(20)17(30-19)26-10-22-13-15(25(2)3)23-18(21)24-16(13)26/h4-8,10,12,14,17,27,32H,9H2,1-3H3/t12-,14+,17-,19-/m1/s1. The molecule has 1 fully saturated rings. The second-order valence-corrected chi connectivity index (χ2v) is 8.69. The smallest absolute Gasteiger partial charge is 0.367 e. The van der Waals surface area contributed by atoms with Crippen LogP contribution < -0.4 is 9.42 Å². The van der Waals surface area contributed by atoms with Crippen molar-refractivity contribution >= 4 is 25.2 Å². The summed E-state index contributed by atoms with van der Waals surface area (Å²) in [5.41, 5.74) is -1.31. The summed E-state index contributed by atoms with van der Waals surface area (Å²) in [4.78, 5) is 13.1. The van der Waals surface area contributed by atoms with Crippen molar-refractivity contribution in [1.29, 1.82) is 0 Å². The maximum Gasteiger partial charge on any atom is 0.367 e. The van der Waals surface area contributed by atoms with Crippen LogP contribution in [0.15, 0.2) is 36.7 Å². The van der Waals surface area contributed by atoms with E-state index in [0.29, 0.717) is 5.75 Å². The van der Waals surface area contributed by atoms with Gasteiger partial charge in [-0.15, -0.1) is 0 Å². The Bertz CT molecular complexity index is 1130. The fourth-order valence-corrected chi connectivity index (χ4v) is 4.22. The topological polar surface area (TPSA) is 112 Å². The summed E-state index contributed by atoms with van der Waals surface area (Å²) >= 11 is 0. The molecule has 1 aliphatic heterocycles. The molecule has 0 spiro atoms. The van der Waals surface area contributed by atoms with Crippen LogP contribution in [0, 0.1) is 6.08 Å². The summed E-state index contributed by atoms with van der Waals surface area (Å²) in [6.45, 7) is 1.01. The van der Waals surface area contributed by atoms with E-state index in [2.05, 4.69) is 15.0 Å². The van der Waals surface area contributed by atoms with Gasteiger partial charge in [-0.05, 0) is 19.1 Å². The molecule has 10 nitrogen and oxygen atoms in total. The van der Waals surface area contributed by atoms with Crippen molar-refractivity contribution in [3.05, 3.63) is 42.7 Å². The number of hydrogen-bond acceptors (Lipinski definition) is 9. The number of aliphatic hydroxyl groups excluding tert-OH is 1. The molecule has 32 heavy (non-hydrogen) atoms. The second-order valence-electron chi connectivity index (χ2n) is 7.70. The predicted molar refractivity (Wildman–Crippen MR) is 111 cm³/mol. The van der Waals surface area contributed by atoms with Crippen molar-refractivity contribution in [3.63, 3.8) is 0 Å². The molecule has 4 rings (SSSR count). The molecule has 1 unspecified atom stereocenters. The van der Waals surface area contributed by atoms with Gasteiger partial charge in [0.25, 0.3) is 0 Å². The molecule has 3 heterocycles. The molecule has 0 radical (unpaired) electrons. The Morgan fingerprint density at radius 1 is 1.31 bits per heavy atom. The van der Waals surface area contributed by atoms with E-state index in [1.165, 1.54) is 17.8 Å². The number of imidazole rings is 1. The molecule has 3 aromatic rings. The van der Waals surface area contributed by atoms with Crippen molar-refractivity contribution in [2.75, 3.05) is 25.6 Å². The molecule has 1 N–H and O–H groups in total. The van der Waals surface area contributed by atoms with Crippen LogP contribution in [0.4, 0.5) is 14.6 Å². The number of rotatable bonds is 7. The Labute approximate surface area is 182 Å². The Morgan fingerprint density at radius 2 is 2.03 bits per heavy atom. The van der Waals surface area contributed by atoms with E-state index in [4.69, 9.17) is 13.8 Å². The minimum Gasteiger partial charge on any atom is -0.426 e. The predicted octanol–water partition coefficient (Wildman–Crippen LogP) is 2.50. The SMILES string of the molecule is CN(C)c1nc(F)nc2c1ncn2[C@@H]1O[C@](C)(CO[PH](=O)Oc2ccccc2)[C@@H](O)[C@H]1F. The van der Waals surface area contributed by atoms with E-state index < -0.39 is 45.0 Å². The first-order valence-corrected chi connectivity index (χ1v) is 10.9. The van der Waals surface area contributed by atoms with Gasteiger partial charge in [0.15, 0.2) is 29.4 Å².